The molecule has 2 atom stereocenters. The molecule has 7 nitrogen and oxygen atoms in total. The van der Waals surface area contributed by atoms with Crippen molar-refractivity contribution in [3.63, 3.8) is 0 Å². The molecule has 0 aliphatic heterocycles. The Hall–Kier alpha value is -3.33. The molecule has 38 heavy (non-hydrogen) atoms. The first-order valence-corrected chi connectivity index (χ1v) is 13.1. The molecule has 0 amide bonds. The number of hydrogen-bond donors (Lipinski definition) is 3. The number of imidazole rings is 2. The Kier molecular flexibility index (Phi) is 8.32. The fourth-order valence-corrected chi connectivity index (χ4v) is 5.37. The van der Waals surface area contributed by atoms with E-state index in [2.05, 4.69) is 86.7 Å². The number of nitrogens with one attached hydrogen (secondary N) is 3. The Morgan fingerprint density at radius 2 is 1.82 bits per heavy atom. The Balaban J connectivity index is 0.00000294. The van der Waals surface area contributed by atoms with Crippen LogP contribution in [0.25, 0.3) is 11.0 Å². The van der Waals surface area contributed by atoms with Crippen LogP contribution >= 0.6 is 17.0 Å². The molecule has 0 spiro atoms. The van der Waals surface area contributed by atoms with Crippen LogP contribution in [0.5, 0.6) is 0 Å². The molecule has 2 aromatic carbocycles. The van der Waals surface area contributed by atoms with Gasteiger partial charge < -0.3 is 15.3 Å². The molecule has 0 fully saturated rings. The third kappa shape index (κ3) is 5.88. The maximum Gasteiger partial charge on any atom is 0.122 e. The van der Waals surface area contributed by atoms with Crippen LogP contribution in [0, 0.1) is 0 Å². The van der Waals surface area contributed by atoms with Crippen molar-refractivity contribution in [2.45, 2.75) is 57.9 Å². The topological polar surface area (TPSA) is 85.5 Å². The van der Waals surface area contributed by atoms with E-state index in [4.69, 9.17) is 9.97 Å². The quantitative estimate of drug-likeness (QED) is 0.196. The van der Waals surface area contributed by atoms with Gasteiger partial charge in [0, 0.05) is 31.7 Å². The van der Waals surface area contributed by atoms with Crippen LogP contribution < -0.4 is 5.32 Å². The maximum absolute atomic E-state index is 4.89. The largest absolute Gasteiger partial charge is 0.347 e. The van der Waals surface area contributed by atoms with E-state index in [1.807, 2.05) is 18.5 Å². The van der Waals surface area contributed by atoms with Crippen LogP contribution in [0.4, 0.5) is 0 Å². The number of nitrogens with zero attached hydrogens (tertiary/aromatic N) is 4. The lowest BCUT2D eigenvalue weighted by Crippen LogP contribution is -2.31. The zero-order chi connectivity index (χ0) is 25.0. The molecule has 8 heteroatoms. The molecule has 3 aromatic heterocycles. The van der Waals surface area contributed by atoms with Crippen molar-refractivity contribution in [1.29, 1.82) is 0 Å². The summed E-state index contributed by atoms with van der Waals surface area (Å²) < 4.78 is 0. The highest BCUT2D eigenvalue weighted by molar-refractivity contribution is 8.93. The number of aromatic nitrogens is 5. The fourth-order valence-electron chi connectivity index (χ4n) is 5.37. The lowest BCUT2D eigenvalue weighted by atomic mass is 9.90. The fraction of sp³-hybridized carbons (Fsp3) is 0.300. The van der Waals surface area contributed by atoms with Crippen LogP contribution in [0.1, 0.15) is 65.9 Å². The molecule has 196 valence electrons. The first-order valence-electron chi connectivity index (χ1n) is 13.1. The van der Waals surface area contributed by atoms with Gasteiger partial charge >= 0.3 is 0 Å². The Morgan fingerprint density at radius 3 is 2.63 bits per heavy atom. The Labute approximate surface area is 233 Å². The molecule has 3 heterocycles. The van der Waals surface area contributed by atoms with Gasteiger partial charge in [-0.3, -0.25) is 9.88 Å². The van der Waals surface area contributed by atoms with Gasteiger partial charge in [0.05, 0.1) is 35.4 Å². The van der Waals surface area contributed by atoms with Crippen LogP contribution in [-0.2, 0) is 26.1 Å². The zero-order valence-corrected chi connectivity index (χ0v) is 23.3. The first kappa shape index (κ1) is 26.3. The minimum absolute atomic E-state index is 0. The van der Waals surface area contributed by atoms with E-state index in [-0.39, 0.29) is 29.1 Å². The molecule has 5 aromatic rings. The summed E-state index contributed by atoms with van der Waals surface area (Å²) in [5.41, 5.74) is 7.25. The predicted molar refractivity (Wildman–Crippen MR) is 156 cm³/mol. The number of fused-ring (bicyclic) bond motifs is 2. The first-order chi connectivity index (χ1) is 18.2. The second-order valence-electron chi connectivity index (χ2n) is 9.95. The van der Waals surface area contributed by atoms with Crippen molar-refractivity contribution in [2.75, 3.05) is 0 Å². The summed E-state index contributed by atoms with van der Waals surface area (Å²) >= 11 is 0. The van der Waals surface area contributed by atoms with Crippen molar-refractivity contribution >= 4 is 28.0 Å². The van der Waals surface area contributed by atoms with E-state index in [9.17, 15) is 0 Å². The van der Waals surface area contributed by atoms with Crippen LogP contribution in [0.3, 0.4) is 0 Å². The highest BCUT2D eigenvalue weighted by Gasteiger charge is 2.28. The smallest absolute Gasteiger partial charge is 0.122 e. The standard InChI is InChI=1S/C30H33N7.BrH/c1-21(30-32-16-17-33-30)34-18-22-11-13-23(14-12-22)19-37(20-28-35-25-8-2-3-9-26(25)36-28)27-10-4-6-24-7-5-15-31-29(24)27;/h2-3,5,7-9,11-17,21,27,34H,4,6,10,18-20H2,1H3,(H,32,33)(H,35,36);1H. The number of benzene rings is 2. The zero-order valence-electron chi connectivity index (χ0n) is 21.6. The summed E-state index contributed by atoms with van der Waals surface area (Å²) in [7, 11) is 0. The van der Waals surface area contributed by atoms with Crippen molar-refractivity contribution in [3.05, 3.63) is 113 Å². The second kappa shape index (κ2) is 12.0. The third-order valence-corrected chi connectivity index (χ3v) is 7.35. The van der Waals surface area contributed by atoms with E-state index in [1.165, 1.54) is 28.8 Å². The van der Waals surface area contributed by atoms with Gasteiger partial charge in [-0.1, -0.05) is 42.5 Å². The number of hydrogen-bond acceptors (Lipinski definition) is 5. The summed E-state index contributed by atoms with van der Waals surface area (Å²) in [6.07, 6.45) is 8.98. The van der Waals surface area contributed by atoms with E-state index in [0.29, 0.717) is 0 Å². The van der Waals surface area contributed by atoms with E-state index >= 15 is 0 Å². The van der Waals surface area contributed by atoms with Gasteiger partial charge in [0.15, 0.2) is 0 Å². The molecule has 6 rings (SSSR count). The van der Waals surface area contributed by atoms with E-state index in [1.54, 1.807) is 6.20 Å². The highest BCUT2D eigenvalue weighted by atomic mass is 79.9. The lowest BCUT2D eigenvalue weighted by molar-refractivity contribution is 0.153. The summed E-state index contributed by atoms with van der Waals surface area (Å²) in [4.78, 5) is 23.3. The second-order valence-corrected chi connectivity index (χ2v) is 9.95. The number of halogens is 1. The van der Waals surface area contributed by atoms with Crippen LogP contribution in [-0.4, -0.2) is 29.8 Å². The number of H-pyrrole nitrogens is 2. The molecule has 1 aliphatic rings. The van der Waals surface area contributed by atoms with E-state index in [0.717, 1.165) is 55.2 Å². The summed E-state index contributed by atoms with van der Waals surface area (Å²) in [6.45, 7) is 4.51. The minimum atomic E-state index is 0. The molecular weight excluding hydrogens is 538 g/mol. The molecule has 2 unspecified atom stereocenters. The van der Waals surface area contributed by atoms with Crippen molar-refractivity contribution in [3.8, 4) is 0 Å². The maximum atomic E-state index is 4.89. The molecular formula is C30H34BrN7. The third-order valence-electron chi connectivity index (χ3n) is 7.35. The van der Waals surface area contributed by atoms with Gasteiger partial charge in [0.25, 0.3) is 0 Å². The Bertz CT molecular complexity index is 1410. The summed E-state index contributed by atoms with van der Waals surface area (Å²) in [6, 6.07) is 21.9. The van der Waals surface area contributed by atoms with Crippen LogP contribution in [0.2, 0.25) is 0 Å². The van der Waals surface area contributed by atoms with Crippen molar-refractivity contribution in [2.24, 2.45) is 0 Å². The molecule has 1 aliphatic carbocycles. The summed E-state index contributed by atoms with van der Waals surface area (Å²) in [5.74, 6) is 1.95. The van der Waals surface area contributed by atoms with Crippen LogP contribution in [0.15, 0.2) is 79.3 Å². The predicted octanol–water partition coefficient (Wildman–Crippen LogP) is 6.19. The van der Waals surface area contributed by atoms with Crippen molar-refractivity contribution < 1.29 is 0 Å². The number of para-hydroxylation sites is 2. The lowest BCUT2D eigenvalue weighted by Gasteiger charge is -2.34. The highest BCUT2D eigenvalue weighted by Crippen LogP contribution is 2.34. The van der Waals surface area contributed by atoms with Gasteiger partial charge in [0.2, 0.25) is 0 Å². The van der Waals surface area contributed by atoms with Gasteiger partial charge in [-0.2, -0.15) is 0 Å². The Morgan fingerprint density at radius 1 is 0.974 bits per heavy atom. The van der Waals surface area contributed by atoms with E-state index < -0.39 is 0 Å². The molecule has 0 saturated carbocycles. The van der Waals surface area contributed by atoms with Gasteiger partial charge in [0.1, 0.15) is 11.6 Å². The molecule has 3 N–H and O–H groups in total. The van der Waals surface area contributed by atoms with Crippen molar-refractivity contribution in [1.82, 2.24) is 35.1 Å². The SMILES string of the molecule is Br.CC(NCc1ccc(CN(Cc2nc3ccccc3[nH]2)C2CCCc3cccnc32)cc1)c1ncc[nH]1. The molecule has 0 bridgehead atoms. The average Bonchev–Trinajstić information content (AvgIpc) is 3.62. The average molecular weight is 573 g/mol. The molecule has 0 radical (unpaired) electrons. The number of rotatable bonds is 9. The normalized spacial score (nSPS) is 15.8. The number of pyridine rings is 1. The van der Waals surface area contributed by atoms with Gasteiger partial charge in [-0.05, 0) is 61.1 Å². The summed E-state index contributed by atoms with van der Waals surface area (Å²) in [5, 5.41) is 3.54. The van der Waals surface area contributed by atoms with Gasteiger partial charge in [-0.25, -0.2) is 9.97 Å². The number of aromatic amines is 2. The molecule has 0 saturated heterocycles. The number of aryl methyl sites for hydroxylation is 1. The minimum Gasteiger partial charge on any atom is -0.347 e. The van der Waals surface area contributed by atoms with Gasteiger partial charge in [-0.15, -0.1) is 17.0 Å². The monoisotopic (exact) mass is 571 g/mol.